The molecule has 8 nitrogen and oxygen atoms in total. The number of benzene rings is 1. The summed E-state index contributed by atoms with van der Waals surface area (Å²) in [5, 5.41) is 40.9. The molecule has 1 atom stereocenters. The number of hydrogen-bond acceptors (Lipinski definition) is 7. The van der Waals surface area contributed by atoms with Gasteiger partial charge in [-0.3, -0.25) is 10.1 Å². The Labute approximate surface area is 122 Å². The molecule has 4 N–H and O–H groups in total. The minimum absolute atomic E-state index is 0.0187. The number of aliphatic hydroxyl groups excluding tert-OH is 3. The van der Waals surface area contributed by atoms with Crippen LogP contribution >= 0.6 is 0 Å². The second-order valence-electron chi connectivity index (χ2n) is 4.48. The van der Waals surface area contributed by atoms with Gasteiger partial charge in [0.25, 0.3) is 5.69 Å². The van der Waals surface area contributed by atoms with Gasteiger partial charge in [-0.25, -0.2) is 0 Å². The average molecular weight is 299 g/mol. The molecular formula is C13H21N3O5. The van der Waals surface area contributed by atoms with Gasteiger partial charge in [-0.1, -0.05) is 0 Å². The first-order chi connectivity index (χ1) is 10.0. The molecule has 0 aromatic heterocycles. The van der Waals surface area contributed by atoms with Crippen LogP contribution in [0.4, 0.5) is 17.1 Å². The third kappa shape index (κ3) is 4.85. The van der Waals surface area contributed by atoms with Gasteiger partial charge < -0.3 is 25.5 Å². The monoisotopic (exact) mass is 299 g/mol. The molecule has 0 heterocycles. The van der Waals surface area contributed by atoms with Gasteiger partial charge in [0.1, 0.15) is 5.69 Å². The molecule has 1 aromatic rings. The normalized spacial score (nSPS) is 12.0. The van der Waals surface area contributed by atoms with Crippen LogP contribution in [0.25, 0.3) is 0 Å². The van der Waals surface area contributed by atoms with Gasteiger partial charge in [-0.05, 0) is 19.1 Å². The molecule has 0 aliphatic rings. The Kier molecular flexibility index (Phi) is 6.86. The summed E-state index contributed by atoms with van der Waals surface area (Å²) < 4.78 is 0. The lowest BCUT2D eigenvalue weighted by Gasteiger charge is -2.22. The first-order valence-electron chi connectivity index (χ1n) is 6.70. The van der Waals surface area contributed by atoms with Crippen molar-refractivity contribution in [3.63, 3.8) is 0 Å². The zero-order valence-corrected chi connectivity index (χ0v) is 11.9. The van der Waals surface area contributed by atoms with Crippen LogP contribution < -0.4 is 10.2 Å². The maximum atomic E-state index is 11.1. The van der Waals surface area contributed by atoms with Crippen LogP contribution in [0.2, 0.25) is 0 Å². The standard InChI is InChI=1S/C13H21N3O5/c1-2-15(5-6-17)10-3-4-12(13(7-10)16(20)21)14-8-11(19)9-18/h3-4,7,11,14,17-19H,2,5-6,8-9H2,1H3. The number of anilines is 2. The fourth-order valence-electron chi connectivity index (χ4n) is 1.90. The van der Waals surface area contributed by atoms with E-state index in [1.54, 1.807) is 12.1 Å². The second kappa shape index (κ2) is 8.40. The topological polar surface area (TPSA) is 119 Å². The van der Waals surface area contributed by atoms with E-state index in [0.29, 0.717) is 18.8 Å². The van der Waals surface area contributed by atoms with Crippen molar-refractivity contribution in [3.8, 4) is 0 Å². The largest absolute Gasteiger partial charge is 0.395 e. The summed E-state index contributed by atoms with van der Waals surface area (Å²) in [6.45, 7) is 2.47. The third-order valence-corrected chi connectivity index (χ3v) is 3.03. The molecule has 1 aromatic carbocycles. The van der Waals surface area contributed by atoms with E-state index >= 15 is 0 Å². The van der Waals surface area contributed by atoms with Gasteiger partial charge in [0.15, 0.2) is 0 Å². The fourth-order valence-corrected chi connectivity index (χ4v) is 1.90. The molecule has 21 heavy (non-hydrogen) atoms. The zero-order chi connectivity index (χ0) is 15.8. The summed E-state index contributed by atoms with van der Waals surface area (Å²) in [5.41, 5.74) is 0.803. The van der Waals surface area contributed by atoms with Crippen molar-refractivity contribution < 1.29 is 20.2 Å². The van der Waals surface area contributed by atoms with E-state index in [9.17, 15) is 15.2 Å². The van der Waals surface area contributed by atoms with Gasteiger partial charge in [0, 0.05) is 31.4 Å². The number of nitro benzene ring substituents is 1. The third-order valence-electron chi connectivity index (χ3n) is 3.03. The molecule has 118 valence electrons. The first kappa shape index (κ1) is 17.2. The van der Waals surface area contributed by atoms with Crippen molar-refractivity contribution >= 4 is 17.1 Å². The number of aliphatic hydroxyl groups is 3. The Morgan fingerprint density at radius 3 is 2.67 bits per heavy atom. The van der Waals surface area contributed by atoms with Gasteiger partial charge >= 0.3 is 0 Å². The van der Waals surface area contributed by atoms with Gasteiger partial charge in [-0.2, -0.15) is 0 Å². The fraction of sp³-hybridized carbons (Fsp3) is 0.538. The van der Waals surface area contributed by atoms with Crippen molar-refractivity contribution in [1.29, 1.82) is 0 Å². The van der Waals surface area contributed by atoms with Crippen molar-refractivity contribution in [2.75, 3.05) is 43.1 Å². The first-order valence-corrected chi connectivity index (χ1v) is 6.70. The molecule has 0 bridgehead atoms. The van der Waals surface area contributed by atoms with Gasteiger partial charge in [-0.15, -0.1) is 0 Å². The summed E-state index contributed by atoms with van der Waals surface area (Å²) in [4.78, 5) is 12.5. The average Bonchev–Trinajstić information content (AvgIpc) is 2.49. The Balaban J connectivity index is 2.98. The maximum absolute atomic E-state index is 11.1. The van der Waals surface area contributed by atoms with Crippen molar-refractivity contribution in [2.45, 2.75) is 13.0 Å². The van der Waals surface area contributed by atoms with Crippen LogP contribution in [-0.4, -0.2) is 59.2 Å². The highest BCUT2D eigenvalue weighted by Gasteiger charge is 2.17. The van der Waals surface area contributed by atoms with Crippen LogP contribution in [0, 0.1) is 10.1 Å². The number of likely N-dealkylation sites (N-methyl/N-ethyl adjacent to an activating group) is 1. The molecule has 1 unspecified atom stereocenters. The van der Waals surface area contributed by atoms with E-state index in [1.165, 1.54) is 6.07 Å². The predicted octanol–water partition coefficient (Wildman–Crippen LogP) is 0.179. The Hall–Kier alpha value is -1.90. The van der Waals surface area contributed by atoms with E-state index in [4.69, 9.17) is 10.2 Å². The zero-order valence-electron chi connectivity index (χ0n) is 11.9. The molecule has 0 saturated heterocycles. The lowest BCUT2D eigenvalue weighted by Crippen LogP contribution is -2.26. The number of nitrogens with zero attached hydrogens (tertiary/aromatic N) is 2. The van der Waals surface area contributed by atoms with E-state index in [-0.39, 0.29) is 24.5 Å². The van der Waals surface area contributed by atoms with Crippen LogP contribution in [0.5, 0.6) is 0 Å². The summed E-state index contributed by atoms with van der Waals surface area (Å²) in [7, 11) is 0. The van der Waals surface area contributed by atoms with Crippen LogP contribution in [-0.2, 0) is 0 Å². The summed E-state index contributed by atoms with van der Waals surface area (Å²) in [5.74, 6) is 0. The van der Waals surface area contributed by atoms with Crippen molar-refractivity contribution in [3.05, 3.63) is 28.3 Å². The molecule has 0 radical (unpaired) electrons. The highest BCUT2D eigenvalue weighted by molar-refractivity contribution is 5.68. The van der Waals surface area contributed by atoms with E-state index in [0.717, 1.165) is 0 Å². The molecule has 0 saturated carbocycles. The smallest absolute Gasteiger partial charge is 0.294 e. The summed E-state index contributed by atoms with van der Waals surface area (Å²) in [6, 6.07) is 4.68. The maximum Gasteiger partial charge on any atom is 0.294 e. The van der Waals surface area contributed by atoms with Crippen LogP contribution in [0.3, 0.4) is 0 Å². The molecule has 8 heteroatoms. The number of rotatable bonds is 9. The molecule has 0 fully saturated rings. The molecule has 0 aliphatic heterocycles. The van der Waals surface area contributed by atoms with Gasteiger partial charge in [0.2, 0.25) is 0 Å². The molecule has 0 amide bonds. The quantitative estimate of drug-likeness (QED) is 0.379. The van der Waals surface area contributed by atoms with Crippen molar-refractivity contribution in [1.82, 2.24) is 0 Å². The lowest BCUT2D eigenvalue weighted by molar-refractivity contribution is -0.383. The summed E-state index contributed by atoms with van der Waals surface area (Å²) >= 11 is 0. The Bertz CT molecular complexity index is 469. The van der Waals surface area contributed by atoms with E-state index in [1.807, 2.05) is 11.8 Å². The van der Waals surface area contributed by atoms with E-state index < -0.39 is 17.6 Å². The van der Waals surface area contributed by atoms with Crippen molar-refractivity contribution in [2.24, 2.45) is 0 Å². The number of hydrogen-bond donors (Lipinski definition) is 4. The van der Waals surface area contributed by atoms with Crippen LogP contribution in [0.15, 0.2) is 18.2 Å². The number of nitrogens with one attached hydrogen (secondary N) is 1. The summed E-state index contributed by atoms with van der Waals surface area (Å²) in [6.07, 6.45) is -0.981. The molecule has 1 rings (SSSR count). The number of nitro groups is 1. The predicted molar refractivity (Wildman–Crippen MR) is 79.7 cm³/mol. The molecule has 0 spiro atoms. The van der Waals surface area contributed by atoms with Crippen LogP contribution in [0.1, 0.15) is 6.92 Å². The van der Waals surface area contributed by atoms with E-state index in [2.05, 4.69) is 5.32 Å². The minimum Gasteiger partial charge on any atom is -0.395 e. The Morgan fingerprint density at radius 1 is 1.43 bits per heavy atom. The van der Waals surface area contributed by atoms with Gasteiger partial charge in [0.05, 0.1) is 24.2 Å². The Morgan fingerprint density at radius 2 is 2.14 bits per heavy atom. The SMILES string of the molecule is CCN(CCO)c1ccc(NCC(O)CO)c([N+](=O)[O-])c1. The second-order valence-corrected chi connectivity index (χ2v) is 4.48. The minimum atomic E-state index is -0.981. The molecule has 0 aliphatic carbocycles. The highest BCUT2D eigenvalue weighted by Crippen LogP contribution is 2.29. The molecular weight excluding hydrogens is 278 g/mol. The highest BCUT2D eigenvalue weighted by atomic mass is 16.6. The lowest BCUT2D eigenvalue weighted by atomic mass is 10.2.